The second-order valence-electron chi connectivity index (χ2n) is 3.06. The van der Waals surface area contributed by atoms with Gasteiger partial charge in [-0.15, -0.1) is 0 Å². The molecular weight excluding hydrogens is 279 g/mol. The first kappa shape index (κ1) is 12.8. The molecule has 0 bridgehead atoms. The molecule has 0 N–H and O–H groups in total. The van der Waals surface area contributed by atoms with Gasteiger partial charge in [0.15, 0.2) is 6.29 Å². The van der Waals surface area contributed by atoms with Gasteiger partial charge in [-0.05, 0) is 24.6 Å². The molecule has 0 amide bonds. The molecule has 5 heteroatoms. The van der Waals surface area contributed by atoms with E-state index in [9.17, 15) is 14.0 Å². The zero-order valence-corrected chi connectivity index (χ0v) is 10.2. The molecule has 0 aliphatic rings. The lowest BCUT2D eigenvalue weighted by Gasteiger charge is -2.06. The average Bonchev–Trinajstić information content (AvgIpc) is 2.17. The number of ether oxygens (including phenoxy) is 1. The van der Waals surface area contributed by atoms with Crippen LogP contribution in [-0.2, 0) is 16.0 Å². The van der Waals surface area contributed by atoms with Gasteiger partial charge in [0.1, 0.15) is 5.82 Å². The third-order valence-electron chi connectivity index (χ3n) is 1.94. The van der Waals surface area contributed by atoms with Crippen molar-refractivity contribution in [1.82, 2.24) is 0 Å². The molecule has 16 heavy (non-hydrogen) atoms. The molecule has 1 rings (SSSR count). The highest BCUT2D eigenvalue weighted by Gasteiger charge is 2.13. The molecule has 0 heterocycles. The van der Waals surface area contributed by atoms with Gasteiger partial charge in [-0.25, -0.2) is 4.39 Å². The maximum Gasteiger partial charge on any atom is 0.310 e. The monoisotopic (exact) mass is 288 g/mol. The Morgan fingerprint density at radius 1 is 1.56 bits per heavy atom. The molecule has 0 spiro atoms. The lowest BCUT2D eigenvalue weighted by molar-refractivity contribution is -0.142. The van der Waals surface area contributed by atoms with Crippen LogP contribution in [0.1, 0.15) is 22.8 Å². The summed E-state index contributed by atoms with van der Waals surface area (Å²) in [4.78, 5) is 21.9. The molecule has 3 nitrogen and oxygen atoms in total. The summed E-state index contributed by atoms with van der Waals surface area (Å²) < 4.78 is 18.5. The maximum absolute atomic E-state index is 13.3. The molecule has 1 aromatic carbocycles. The van der Waals surface area contributed by atoms with E-state index in [1.165, 1.54) is 12.1 Å². The smallest absolute Gasteiger partial charge is 0.310 e. The van der Waals surface area contributed by atoms with Crippen LogP contribution in [-0.4, -0.2) is 18.9 Å². The molecule has 0 saturated carbocycles. The normalized spacial score (nSPS) is 9.94. The summed E-state index contributed by atoms with van der Waals surface area (Å²) in [7, 11) is 0. The number of carbonyl (C=O) groups is 2. The van der Waals surface area contributed by atoms with Crippen molar-refractivity contribution in [3.05, 3.63) is 33.5 Å². The van der Waals surface area contributed by atoms with Crippen LogP contribution in [0.4, 0.5) is 4.39 Å². The van der Waals surface area contributed by atoms with Gasteiger partial charge in [0.25, 0.3) is 0 Å². The molecular formula is C11H10BrFO3. The number of halogens is 2. The van der Waals surface area contributed by atoms with Crippen LogP contribution in [0, 0.1) is 5.82 Å². The number of hydrogen-bond acceptors (Lipinski definition) is 3. The van der Waals surface area contributed by atoms with Crippen LogP contribution in [0.2, 0.25) is 0 Å². The number of aldehydes is 1. The number of carbonyl (C=O) groups excluding carboxylic acids is 2. The highest BCUT2D eigenvalue weighted by molar-refractivity contribution is 9.10. The third-order valence-corrected chi connectivity index (χ3v) is 2.40. The first-order valence-corrected chi connectivity index (χ1v) is 5.46. The van der Waals surface area contributed by atoms with Gasteiger partial charge in [-0.3, -0.25) is 9.59 Å². The van der Waals surface area contributed by atoms with Gasteiger partial charge in [-0.1, -0.05) is 15.9 Å². The van der Waals surface area contributed by atoms with E-state index in [1.54, 1.807) is 6.92 Å². The van der Waals surface area contributed by atoms with Gasteiger partial charge in [-0.2, -0.15) is 0 Å². The minimum absolute atomic E-state index is 0.101. The van der Waals surface area contributed by atoms with Crippen molar-refractivity contribution in [3.8, 4) is 0 Å². The number of hydrogen-bond donors (Lipinski definition) is 0. The molecule has 0 unspecified atom stereocenters. The molecule has 0 aliphatic heterocycles. The Kier molecular flexibility index (Phi) is 4.61. The molecule has 1 aromatic rings. The van der Waals surface area contributed by atoms with Crippen LogP contribution in [0.15, 0.2) is 16.6 Å². The van der Waals surface area contributed by atoms with Crippen LogP contribution in [0.3, 0.4) is 0 Å². The summed E-state index contributed by atoms with van der Waals surface area (Å²) in [6.07, 6.45) is 0.286. The van der Waals surface area contributed by atoms with Crippen LogP contribution in [0.25, 0.3) is 0 Å². The molecule has 0 saturated heterocycles. The predicted molar refractivity (Wildman–Crippen MR) is 59.8 cm³/mol. The van der Waals surface area contributed by atoms with Crippen molar-refractivity contribution in [2.45, 2.75) is 13.3 Å². The number of rotatable bonds is 4. The largest absolute Gasteiger partial charge is 0.466 e. The van der Waals surface area contributed by atoms with Crippen LogP contribution >= 0.6 is 15.9 Å². The average molecular weight is 289 g/mol. The van der Waals surface area contributed by atoms with Gasteiger partial charge < -0.3 is 4.74 Å². The van der Waals surface area contributed by atoms with Crippen molar-refractivity contribution in [3.63, 3.8) is 0 Å². The summed E-state index contributed by atoms with van der Waals surface area (Å²) in [5.41, 5.74) is 0.219. The molecule has 0 atom stereocenters. The van der Waals surface area contributed by atoms with Gasteiger partial charge in [0.2, 0.25) is 0 Å². The van der Waals surface area contributed by atoms with Crippen LogP contribution < -0.4 is 0 Å². The Balaban J connectivity index is 3.02. The fourth-order valence-electron chi connectivity index (χ4n) is 1.28. The fourth-order valence-corrected chi connectivity index (χ4v) is 1.76. The van der Waals surface area contributed by atoms with Gasteiger partial charge in [0.05, 0.1) is 18.6 Å². The minimum atomic E-state index is -0.649. The molecule has 0 aromatic heterocycles. The standard InChI is InChI=1S/C11H10BrFO3/c1-2-16-11(15)4-7-3-8(12)5-10(13)9(7)6-14/h3,5-6H,2,4H2,1H3. The minimum Gasteiger partial charge on any atom is -0.466 e. The van der Waals surface area contributed by atoms with E-state index in [-0.39, 0.29) is 18.6 Å². The Morgan fingerprint density at radius 2 is 2.25 bits per heavy atom. The summed E-state index contributed by atoms with van der Waals surface area (Å²) >= 11 is 3.10. The topological polar surface area (TPSA) is 43.4 Å². The lowest BCUT2D eigenvalue weighted by atomic mass is 10.1. The summed E-state index contributed by atoms with van der Waals surface area (Å²) in [5.74, 6) is -1.13. The van der Waals surface area contributed by atoms with E-state index in [1.807, 2.05) is 0 Å². The van der Waals surface area contributed by atoms with E-state index < -0.39 is 11.8 Å². The number of esters is 1. The molecule has 0 fully saturated rings. The SMILES string of the molecule is CCOC(=O)Cc1cc(Br)cc(F)c1C=O. The zero-order chi connectivity index (χ0) is 12.1. The fraction of sp³-hybridized carbons (Fsp3) is 0.273. The summed E-state index contributed by atoms with van der Waals surface area (Å²) in [5, 5.41) is 0. The Morgan fingerprint density at radius 3 is 2.81 bits per heavy atom. The van der Waals surface area contributed by atoms with Crippen molar-refractivity contribution < 1.29 is 18.7 Å². The Hall–Kier alpha value is -1.23. The van der Waals surface area contributed by atoms with E-state index in [4.69, 9.17) is 4.74 Å². The number of benzene rings is 1. The first-order chi connectivity index (χ1) is 7.58. The molecule has 0 aliphatic carbocycles. The second kappa shape index (κ2) is 5.75. The summed E-state index contributed by atoms with van der Waals surface area (Å²) in [6.45, 7) is 1.94. The van der Waals surface area contributed by atoms with E-state index in [0.717, 1.165) is 0 Å². The Bertz CT molecular complexity index is 418. The highest BCUT2D eigenvalue weighted by Crippen LogP contribution is 2.20. The lowest BCUT2D eigenvalue weighted by Crippen LogP contribution is -2.10. The van der Waals surface area contributed by atoms with Crippen molar-refractivity contribution >= 4 is 28.2 Å². The predicted octanol–water partition coefficient (Wildman–Crippen LogP) is 2.51. The third kappa shape index (κ3) is 3.13. The molecule has 0 radical (unpaired) electrons. The van der Waals surface area contributed by atoms with E-state index in [2.05, 4.69) is 15.9 Å². The first-order valence-electron chi connectivity index (χ1n) is 4.67. The second-order valence-corrected chi connectivity index (χ2v) is 3.98. The zero-order valence-electron chi connectivity index (χ0n) is 8.63. The van der Waals surface area contributed by atoms with E-state index >= 15 is 0 Å². The Labute approximate surface area is 101 Å². The van der Waals surface area contributed by atoms with Crippen molar-refractivity contribution in [2.75, 3.05) is 6.61 Å². The summed E-state index contributed by atoms with van der Waals surface area (Å²) in [6, 6.07) is 2.71. The van der Waals surface area contributed by atoms with Crippen molar-refractivity contribution in [2.24, 2.45) is 0 Å². The molecule has 86 valence electrons. The van der Waals surface area contributed by atoms with Gasteiger partial charge >= 0.3 is 5.97 Å². The quantitative estimate of drug-likeness (QED) is 0.632. The van der Waals surface area contributed by atoms with Crippen LogP contribution in [0.5, 0.6) is 0 Å². The highest BCUT2D eigenvalue weighted by atomic mass is 79.9. The maximum atomic E-state index is 13.3. The van der Waals surface area contributed by atoms with Crippen molar-refractivity contribution in [1.29, 1.82) is 0 Å². The van der Waals surface area contributed by atoms with Gasteiger partial charge in [0, 0.05) is 4.47 Å². The van der Waals surface area contributed by atoms with E-state index in [0.29, 0.717) is 16.3 Å².